The van der Waals surface area contributed by atoms with Crippen molar-refractivity contribution in [2.75, 3.05) is 13.1 Å². The van der Waals surface area contributed by atoms with Crippen LogP contribution >= 0.6 is 12.4 Å². The summed E-state index contributed by atoms with van der Waals surface area (Å²) in [5, 5.41) is 7.40. The molecule has 0 aromatic heterocycles. The van der Waals surface area contributed by atoms with E-state index in [1.54, 1.807) is 24.3 Å². The molecule has 0 saturated carbocycles. The number of hydrogen-bond donors (Lipinski definition) is 2. The van der Waals surface area contributed by atoms with E-state index in [0.717, 1.165) is 32.4 Å². The fourth-order valence-corrected chi connectivity index (χ4v) is 2.72. The van der Waals surface area contributed by atoms with E-state index < -0.39 is 0 Å². The number of halogens is 1. The van der Waals surface area contributed by atoms with Gasteiger partial charge in [-0.25, -0.2) is 0 Å². The minimum Gasteiger partial charge on any atom is -0.427 e. The Morgan fingerprint density at radius 2 is 1.83 bits per heavy atom. The highest BCUT2D eigenvalue weighted by molar-refractivity contribution is 5.94. The maximum absolute atomic E-state index is 11.9. The molecule has 1 aliphatic heterocycles. The van der Waals surface area contributed by atoms with Crippen molar-refractivity contribution < 1.29 is 14.3 Å². The van der Waals surface area contributed by atoms with E-state index in [1.165, 1.54) is 6.92 Å². The number of esters is 1. The fraction of sp³-hybridized carbons (Fsp3) is 0.471. The van der Waals surface area contributed by atoms with Crippen molar-refractivity contribution in [3.63, 3.8) is 0 Å². The van der Waals surface area contributed by atoms with Gasteiger partial charge in [-0.05, 0) is 56.4 Å². The van der Waals surface area contributed by atoms with Crippen LogP contribution in [0.4, 0.5) is 0 Å². The number of guanidine groups is 1. The van der Waals surface area contributed by atoms with Gasteiger partial charge in [0.1, 0.15) is 5.75 Å². The molecule has 0 amide bonds. The molecule has 1 aromatic carbocycles. The normalized spacial score (nSPS) is 14.6. The lowest BCUT2D eigenvalue weighted by Crippen LogP contribution is -2.42. The highest BCUT2D eigenvalue weighted by Gasteiger charge is 2.20. The number of nitrogens with zero attached hydrogens (tertiary/aromatic N) is 1. The SMILES string of the molecule is CC(=O)c1ccc(OC(=O)CCC2CCN(C(=N)N)CC2)cc1.Cl. The van der Waals surface area contributed by atoms with Crippen molar-refractivity contribution in [3.05, 3.63) is 29.8 Å². The molecule has 6 nitrogen and oxygen atoms in total. The lowest BCUT2D eigenvalue weighted by atomic mass is 9.92. The van der Waals surface area contributed by atoms with Gasteiger partial charge in [-0.1, -0.05) is 0 Å². The monoisotopic (exact) mass is 353 g/mol. The van der Waals surface area contributed by atoms with E-state index in [0.29, 0.717) is 23.7 Å². The molecule has 0 spiro atoms. The van der Waals surface area contributed by atoms with Crippen molar-refractivity contribution in [1.29, 1.82) is 5.41 Å². The molecule has 3 N–H and O–H groups in total. The van der Waals surface area contributed by atoms with Crippen LogP contribution in [0.5, 0.6) is 5.75 Å². The Balaban J connectivity index is 0.00000288. The van der Waals surface area contributed by atoms with Crippen molar-refractivity contribution >= 4 is 30.1 Å². The zero-order valence-electron chi connectivity index (χ0n) is 13.8. The van der Waals surface area contributed by atoms with Crippen molar-refractivity contribution in [2.45, 2.75) is 32.6 Å². The average molecular weight is 354 g/mol. The second-order valence-electron chi connectivity index (χ2n) is 5.91. The summed E-state index contributed by atoms with van der Waals surface area (Å²) in [7, 11) is 0. The van der Waals surface area contributed by atoms with Gasteiger partial charge in [0.15, 0.2) is 11.7 Å². The Morgan fingerprint density at radius 3 is 2.33 bits per heavy atom. The number of piperidine rings is 1. The lowest BCUT2D eigenvalue weighted by molar-refractivity contribution is -0.134. The Morgan fingerprint density at radius 1 is 1.25 bits per heavy atom. The molecule has 2 rings (SSSR count). The van der Waals surface area contributed by atoms with E-state index in [9.17, 15) is 9.59 Å². The van der Waals surface area contributed by atoms with Gasteiger partial charge < -0.3 is 15.4 Å². The van der Waals surface area contributed by atoms with Gasteiger partial charge in [0.2, 0.25) is 0 Å². The zero-order valence-corrected chi connectivity index (χ0v) is 14.6. The van der Waals surface area contributed by atoms with E-state index in [4.69, 9.17) is 15.9 Å². The van der Waals surface area contributed by atoms with Crippen molar-refractivity contribution in [3.8, 4) is 5.75 Å². The van der Waals surface area contributed by atoms with Crippen molar-refractivity contribution in [1.82, 2.24) is 4.90 Å². The molecule has 1 saturated heterocycles. The zero-order chi connectivity index (χ0) is 16.8. The molecule has 0 aliphatic carbocycles. The quantitative estimate of drug-likeness (QED) is 0.279. The lowest BCUT2D eigenvalue weighted by Gasteiger charge is -2.31. The van der Waals surface area contributed by atoms with E-state index in [1.807, 2.05) is 4.90 Å². The summed E-state index contributed by atoms with van der Waals surface area (Å²) in [6, 6.07) is 6.59. The van der Waals surface area contributed by atoms with Crippen LogP contribution in [0, 0.1) is 11.3 Å². The third-order valence-corrected chi connectivity index (χ3v) is 4.20. The standard InChI is InChI=1S/C17H23N3O3.ClH/c1-12(21)14-3-5-15(6-4-14)23-16(22)7-2-13-8-10-20(11-9-13)17(18)19;/h3-6,13H,2,7-11H2,1H3,(H3,18,19);1H. The highest BCUT2D eigenvalue weighted by Crippen LogP contribution is 2.22. The predicted molar refractivity (Wildman–Crippen MR) is 94.8 cm³/mol. The highest BCUT2D eigenvalue weighted by atomic mass is 35.5. The summed E-state index contributed by atoms with van der Waals surface area (Å²) >= 11 is 0. The molecule has 7 heteroatoms. The molecule has 0 bridgehead atoms. The first-order valence-electron chi connectivity index (χ1n) is 7.86. The van der Waals surface area contributed by atoms with Gasteiger partial charge in [0.05, 0.1) is 0 Å². The van der Waals surface area contributed by atoms with Gasteiger partial charge in [-0.3, -0.25) is 15.0 Å². The van der Waals surface area contributed by atoms with Crippen LogP contribution in [0.2, 0.25) is 0 Å². The number of carbonyl (C=O) groups is 2. The van der Waals surface area contributed by atoms with Crippen LogP contribution in [0.15, 0.2) is 24.3 Å². The molecule has 1 aromatic rings. The first-order chi connectivity index (χ1) is 11.0. The number of ketones is 1. The van der Waals surface area contributed by atoms with Crippen LogP contribution in [-0.2, 0) is 4.79 Å². The second-order valence-corrected chi connectivity index (χ2v) is 5.91. The summed E-state index contributed by atoms with van der Waals surface area (Å²) in [5.74, 6) is 0.788. The van der Waals surface area contributed by atoms with E-state index in [2.05, 4.69) is 0 Å². The number of rotatable bonds is 5. The number of likely N-dealkylation sites (tertiary alicyclic amines) is 1. The average Bonchev–Trinajstić information content (AvgIpc) is 2.54. The largest absolute Gasteiger partial charge is 0.427 e. The summed E-state index contributed by atoms with van der Waals surface area (Å²) in [4.78, 5) is 24.9. The fourth-order valence-electron chi connectivity index (χ4n) is 2.72. The van der Waals surface area contributed by atoms with Crippen LogP contribution in [0.25, 0.3) is 0 Å². The Hall–Kier alpha value is -2.08. The minimum atomic E-state index is -0.255. The maximum Gasteiger partial charge on any atom is 0.311 e. The topological polar surface area (TPSA) is 96.5 Å². The van der Waals surface area contributed by atoms with Gasteiger partial charge in [-0.2, -0.15) is 0 Å². The van der Waals surface area contributed by atoms with Crippen LogP contribution < -0.4 is 10.5 Å². The number of benzene rings is 1. The number of nitrogens with two attached hydrogens (primary N) is 1. The first kappa shape index (κ1) is 20.0. The molecule has 132 valence electrons. The second kappa shape index (κ2) is 9.27. The molecule has 0 radical (unpaired) electrons. The third kappa shape index (κ3) is 5.85. The Labute approximate surface area is 148 Å². The molecule has 1 aliphatic rings. The van der Waals surface area contributed by atoms with Crippen LogP contribution in [0.3, 0.4) is 0 Å². The first-order valence-corrected chi connectivity index (χ1v) is 7.86. The summed E-state index contributed by atoms with van der Waals surface area (Å²) in [6.07, 6.45) is 3.05. The molecule has 0 unspecified atom stereocenters. The molecule has 24 heavy (non-hydrogen) atoms. The maximum atomic E-state index is 11.9. The Kier molecular flexibility index (Phi) is 7.71. The Bertz CT molecular complexity index is 581. The molecular formula is C17H24ClN3O3. The van der Waals surface area contributed by atoms with Gasteiger partial charge >= 0.3 is 5.97 Å². The number of carbonyl (C=O) groups excluding carboxylic acids is 2. The minimum absolute atomic E-state index is 0. The molecule has 1 fully saturated rings. The summed E-state index contributed by atoms with van der Waals surface area (Å²) < 4.78 is 5.28. The predicted octanol–water partition coefficient (Wildman–Crippen LogP) is 2.60. The van der Waals surface area contributed by atoms with Crippen LogP contribution in [0.1, 0.15) is 43.0 Å². The number of nitrogens with one attached hydrogen (secondary N) is 1. The molecule has 0 atom stereocenters. The van der Waals surface area contributed by atoms with Gasteiger partial charge in [-0.15, -0.1) is 12.4 Å². The van der Waals surface area contributed by atoms with Crippen LogP contribution in [-0.4, -0.2) is 35.7 Å². The molecule has 1 heterocycles. The van der Waals surface area contributed by atoms with Crippen molar-refractivity contribution in [2.24, 2.45) is 11.7 Å². The summed E-state index contributed by atoms with van der Waals surface area (Å²) in [5.41, 5.74) is 6.06. The van der Waals surface area contributed by atoms with E-state index in [-0.39, 0.29) is 30.1 Å². The number of hydrogen-bond acceptors (Lipinski definition) is 4. The summed E-state index contributed by atoms with van der Waals surface area (Å²) in [6.45, 7) is 3.06. The van der Waals surface area contributed by atoms with Gasteiger partial charge in [0.25, 0.3) is 0 Å². The third-order valence-electron chi connectivity index (χ3n) is 4.20. The number of Topliss-reactive ketones (excluding diaryl/α,β-unsaturated/α-hetero) is 1. The number of ether oxygens (including phenoxy) is 1. The molecular weight excluding hydrogens is 330 g/mol. The smallest absolute Gasteiger partial charge is 0.311 e. The van der Waals surface area contributed by atoms with Gasteiger partial charge in [0, 0.05) is 25.1 Å². The van der Waals surface area contributed by atoms with E-state index >= 15 is 0 Å².